The molecule has 106 valence electrons. The number of carbonyl (C=O) groups is 1. The molecule has 1 atom stereocenters. The van der Waals surface area contributed by atoms with Gasteiger partial charge < -0.3 is 9.84 Å². The number of benzene rings is 1. The molecule has 0 aromatic heterocycles. The maximum absolute atomic E-state index is 11.5. The van der Waals surface area contributed by atoms with Crippen LogP contribution in [0.4, 0.5) is 4.79 Å². The predicted octanol–water partition coefficient (Wildman–Crippen LogP) is 3.94. The van der Waals surface area contributed by atoms with Gasteiger partial charge in [0.15, 0.2) is 5.72 Å². The zero-order valence-corrected chi connectivity index (χ0v) is 12.3. The Bertz CT molecular complexity index is 432. The van der Waals surface area contributed by atoms with E-state index in [1.54, 1.807) is 12.1 Å². The summed E-state index contributed by atoms with van der Waals surface area (Å²) in [6.45, 7) is 4.21. The van der Waals surface area contributed by atoms with E-state index in [1.807, 2.05) is 26.0 Å². The van der Waals surface area contributed by atoms with Crippen molar-refractivity contribution in [3.63, 3.8) is 0 Å². The molecule has 0 fully saturated rings. The number of halogens is 1. The van der Waals surface area contributed by atoms with Crippen molar-refractivity contribution in [3.8, 4) is 0 Å². The van der Waals surface area contributed by atoms with Crippen LogP contribution in [0, 0.1) is 0 Å². The molecule has 0 saturated heterocycles. The molecule has 0 heterocycles. The van der Waals surface area contributed by atoms with Crippen LogP contribution in [0.5, 0.6) is 0 Å². The lowest BCUT2D eigenvalue weighted by Crippen LogP contribution is -2.50. The van der Waals surface area contributed by atoms with Crippen molar-refractivity contribution in [2.45, 2.75) is 32.4 Å². The summed E-state index contributed by atoms with van der Waals surface area (Å²) >= 11 is 6.22. The summed E-state index contributed by atoms with van der Waals surface area (Å²) in [5, 5.41) is 9.97. The van der Waals surface area contributed by atoms with Crippen LogP contribution in [-0.2, 0) is 10.5 Å². The number of rotatable bonds is 6. The van der Waals surface area contributed by atoms with E-state index in [-0.39, 0.29) is 0 Å². The van der Waals surface area contributed by atoms with E-state index in [1.165, 1.54) is 12.0 Å². The number of ether oxygens (including phenoxy) is 1. The molecule has 0 unspecified atom stereocenters. The van der Waals surface area contributed by atoms with Crippen molar-refractivity contribution in [3.05, 3.63) is 34.9 Å². The van der Waals surface area contributed by atoms with Gasteiger partial charge in [0.1, 0.15) is 0 Å². The Morgan fingerprint density at radius 3 is 2.47 bits per heavy atom. The highest BCUT2D eigenvalue weighted by molar-refractivity contribution is 6.31. The van der Waals surface area contributed by atoms with Crippen molar-refractivity contribution in [1.82, 2.24) is 4.90 Å². The monoisotopic (exact) mass is 285 g/mol. The van der Waals surface area contributed by atoms with Crippen LogP contribution >= 0.6 is 11.6 Å². The molecule has 19 heavy (non-hydrogen) atoms. The second-order valence-corrected chi connectivity index (χ2v) is 4.66. The number of amides is 1. The van der Waals surface area contributed by atoms with Gasteiger partial charge in [-0.1, -0.05) is 43.6 Å². The van der Waals surface area contributed by atoms with Crippen LogP contribution in [0.25, 0.3) is 0 Å². The van der Waals surface area contributed by atoms with Gasteiger partial charge in [0.25, 0.3) is 0 Å². The molecule has 0 spiro atoms. The molecule has 1 aromatic carbocycles. The Labute approximate surface area is 118 Å². The van der Waals surface area contributed by atoms with E-state index in [0.717, 1.165) is 0 Å². The predicted molar refractivity (Wildman–Crippen MR) is 75.5 cm³/mol. The number of hydrogen-bond donors (Lipinski definition) is 1. The van der Waals surface area contributed by atoms with E-state index in [9.17, 15) is 9.90 Å². The Balaban J connectivity index is 3.37. The maximum atomic E-state index is 11.5. The average molecular weight is 286 g/mol. The van der Waals surface area contributed by atoms with Crippen LogP contribution < -0.4 is 0 Å². The number of hydrogen-bond acceptors (Lipinski definition) is 2. The minimum absolute atomic E-state index is 0.391. The summed E-state index contributed by atoms with van der Waals surface area (Å²) in [7, 11) is 1.51. The van der Waals surface area contributed by atoms with Crippen molar-refractivity contribution < 1.29 is 14.6 Å². The Morgan fingerprint density at radius 1 is 1.42 bits per heavy atom. The van der Waals surface area contributed by atoms with Crippen molar-refractivity contribution in [1.29, 1.82) is 0 Å². The van der Waals surface area contributed by atoms with Gasteiger partial charge in [-0.3, -0.25) is 4.90 Å². The summed E-state index contributed by atoms with van der Waals surface area (Å²) < 4.78 is 5.59. The Morgan fingerprint density at radius 2 is 2.05 bits per heavy atom. The molecule has 1 aromatic rings. The summed E-state index contributed by atoms with van der Waals surface area (Å²) in [4.78, 5) is 12.9. The smallest absolute Gasteiger partial charge is 0.409 e. The zero-order valence-electron chi connectivity index (χ0n) is 11.5. The fourth-order valence-corrected chi connectivity index (χ4v) is 2.61. The molecule has 1 N–H and O–H groups in total. The molecule has 5 heteroatoms. The summed E-state index contributed by atoms with van der Waals surface area (Å²) in [6, 6.07) is 7.19. The van der Waals surface area contributed by atoms with Crippen molar-refractivity contribution >= 4 is 17.7 Å². The van der Waals surface area contributed by atoms with E-state index in [4.69, 9.17) is 16.3 Å². The first-order chi connectivity index (χ1) is 9.03. The normalized spacial score (nSPS) is 13.9. The van der Waals surface area contributed by atoms with Crippen molar-refractivity contribution in [2.75, 3.05) is 13.7 Å². The van der Waals surface area contributed by atoms with Crippen LogP contribution in [0.1, 0.15) is 32.3 Å². The van der Waals surface area contributed by atoms with Gasteiger partial charge in [0.05, 0.1) is 0 Å². The summed E-state index contributed by atoms with van der Waals surface area (Å²) in [5.74, 6) is 0. The van der Waals surface area contributed by atoms with Gasteiger partial charge >= 0.3 is 6.09 Å². The van der Waals surface area contributed by atoms with E-state index < -0.39 is 11.8 Å². The van der Waals surface area contributed by atoms with E-state index in [2.05, 4.69) is 0 Å². The topological polar surface area (TPSA) is 49.8 Å². The lowest BCUT2D eigenvalue weighted by Gasteiger charge is -2.41. The number of carboxylic acid groups (broad SMARTS) is 1. The molecule has 0 bridgehead atoms. The quantitative estimate of drug-likeness (QED) is 0.806. The third-order valence-corrected chi connectivity index (χ3v) is 3.56. The molecule has 4 nitrogen and oxygen atoms in total. The molecule has 0 radical (unpaired) electrons. The lowest BCUT2D eigenvalue weighted by atomic mass is 9.97. The van der Waals surface area contributed by atoms with Crippen LogP contribution in [0.2, 0.25) is 5.02 Å². The molecule has 1 rings (SSSR count). The highest BCUT2D eigenvalue weighted by atomic mass is 35.5. The van der Waals surface area contributed by atoms with Gasteiger partial charge in [-0.15, -0.1) is 0 Å². The van der Waals surface area contributed by atoms with Gasteiger partial charge in [-0.25, -0.2) is 4.79 Å². The molecule has 0 saturated carbocycles. The Kier molecular flexibility index (Phi) is 5.63. The first-order valence-electron chi connectivity index (χ1n) is 6.34. The average Bonchev–Trinajstić information content (AvgIpc) is 2.41. The molecule has 1 amide bonds. The third-order valence-electron chi connectivity index (χ3n) is 3.23. The number of methoxy groups -OCH3 is 1. The van der Waals surface area contributed by atoms with Gasteiger partial charge in [-0.2, -0.15) is 0 Å². The van der Waals surface area contributed by atoms with E-state index >= 15 is 0 Å². The molecular weight excluding hydrogens is 266 g/mol. The summed E-state index contributed by atoms with van der Waals surface area (Å²) in [5.41, 5.74) is -0.363. The fraction of sp³-hybridized carbons (Fsp3) is 0.500. The largest absolute Gasteiger partial charge is 0.465 e. The number of nitrogens with zero attached hydrogens (tertiary/aromatic N) is 1. The Hall–Kier alpha value is -1.26. The minimum Gasteiger partial charge on any atom is -0.465 e. The fourth-order valence-electron chi connectivity index (χ4n) is 2.32. The summed E-state index contributed by atoms with van der Waals surface area (Å²) in [6.07, 6.45) is 0.187. The van der Waals surface area contributed by atoms with Crippen LogP contribution in [-0.4, -0.2) is 29.8 Å². The van der Waals surface area contributed by atoms with Crippen LogP contribution in [0.15, 0.2) is 24.3 Å². The lowest BCUT2D eigenvalue weighted by molar-refractivity contribution is -0.130. The highest BCUT2D eigenvalue weighted by Gasteiger charge is 2.41. The maximum Gasteiger partial charge on any atom is 0.409 e. The van der Waals surface area contributed by atoms with Crippen LogP contribution in [0.3, 0.4) is 0 Å². The third kappa shape index (κ3) is 3.01. The molecule has 0 aliphatic heterocycles. The van der Waals surface area contributed by atoms with Gasteiger partial charge in [0.2, 0.25) is 0 Å². The van der Waals surface area contributed by atoms with E-state index in [0.29, 0.717) is 30.0 Å². The zero-order chi connectivity index (χ0) is 14.5. The van der Waals surface area contributed by atoms with Gasteiger partial charge in [-0.05, 0) is 18.9 Å². The SMILES string of the molecule is CCCN(C(=O)O)[C@](CC)(OC)c1ccccc1Cl. The molecule has 0 aliphatic rings. The standard InChI is InChI=1S/C14H20ClNO3/c1-4-10-16(13(17)18)14(5-2,19-3)11-8-6-7-9-12(11)15/h6-9H,4-5,10H2,1-3H3,(H,17,18)/t14-/m1/s1. The second-order valence-electron chi connectivity index (χ2n) is 4.26. The second kappa shape index (κ2) is 6.78. The van der Waals surface area contributed by atoms with Crippen molar-refractivity contribution in [2.24, 2.45) is 0 Å². The minimum atomic E-state index is -1.04. The molecular formula is C14H20ClNO3. The van der Waals surface area contributed by atoms with Gasteiger partial charge in [0, 0.05) is 24.2 Å². The first-order valence-corrected chi connectivity index (χ1v) is 6.72. The molecule has 0 aliphatic carbocycles. The highest BCUT2D eigenvalue weighted by Crippen LogP contribution is 2.37. The first kappa shape index (κ1) is 15.8.